The van der Waals surface area contributed by atoms with Crippen LogP contribution in [0.4, 0.5) is 0 Å². The molecule has 0 saturated carbocycles. The molecule has 2 N–H and O–H groups in total. The van der Waals surface area contributed by atoms with Crippen LogP contribution in [0.15, 0.2) is 36.4 Å². The van der Waals surface area contributed by atoms with Crippen molar-refractivity contribution < 1.29 is 4.79 Å². The van der Waals surface area contributed by atoms with Gasteiger partial charge < -0.3 is 10.3 Å². The zero-order chi connectivity index (χ0) is 14.5. The van der Waals surface area contributed by atoms with Crippen LogP contribution in [0.1, 0.15) is 24.1 Å². The third-order valence-electron chi connectivity index (χ3n) is 3.37. The van der Waals surface area contributed by atoms with Gasteiger partial charge in [0.25, 0.3) is 0 Å². The minimum Gasteiger partial charge on any atom is -0.370 e. The second kappa shape index (κ2) is 6.07. The number of carbonyl (C=O) groups is 1. The smallest absolute Gasteiger partial charge is 0.217 e. The van der Waals surface area contributed by atoms with E-state index in [1.807, 2.05) is 35.9 Å². The van der Waals surface area contributed by atoms with Gasteiger partial charge in [-0.15, -0.1) is 0 Å². The van der Waals surface area contributed by atoms with Crippen molar-refractivity contribution in [3.05, 3.63) is 47.7 Å². The van der Waals surface area contributed by atoms with Gasteiger partial charge in [-0.2, -0.15) is 5.26 Å². The van der Waals surface area contributed by atoms with E-state index in [9.17, 15) is 4.79 Å². The number of carbonyl (C=O) groups excluding carboxylic acids is 1. The third kappa shape index (κ3) is 3.07. The maximum atomic E-state index is 10.7. The first-order valence-corrected chi connectivity index (χ1v) is 6.55. The minimum absolute atomic E-state index is 0.255. The first-order valence-electron chi connectivity index (χ1n) is 6.55. The van der Waals surface area contributed by atoms with Crippen LogP contribution < -0.4 is 5.73 Å². The number of benzene rings is 1. The molecule has 2 rings (SSSR count). The van der Waals surface area contributed by atoms with Crippen LogP contribution in [-0.4, -0.2) is 10.5 Å². The van der Waals surface area contributed by atoms with Gasteiger partial charge in [-0.3, -0.25) is 4.79 Å². The molecule has 0 bridgehead atoms. The molecule has 0 unspecified atom stereocenters. The molecule has 0 radical (unpaired) electrons. The molecule has 1 amide bonds. The number of amides is 1. The van der Waals surface area contributed by atoms with Crippen molar-refractivity contribution in [2.24, 2.45) is 12.8 Å². The summed E-state index contributed by atoms with van der Waals surface area (Å²) < 4.78 is 1.88. The first-order chi connectivity index (χ1) is 9.61. The Balaban J connectivity index is 2.10. The Hall–Kier alpha value is -2.54. The van der Waals surface area contributed by atoms with Gasteiger partial charge in [-0.1, -0.05) is 24.3 Å². The summed E-state index contributed by atoms with van der Waals surface area (Å²) in [6, 6.07) is 14.1. The van der Waals surface area contributed by atoms with Crippen LogP contribution in [0.2, 0.25) is 0 Å². The van der Waals surface area contributed by atoms with E-state index in [0.29, 0.717) is 12.1 Å². The molecule has 1 aromatic heterocycles. The predicted molar refractivity (Wildman–Crippen MR) is 77.7 cm³/mol. The highest BCUT2D eigenvalue weighted by atomic mass is 16.1. The van der Waals surface area contributed by atoms with Crippen LogP contribution in [0.5, 0.6) is 0 Å². The van der Waals surface area contributed by atoms with Crippen molar-refractivity contribution >= 4 is 5.91 Å². The summed E-state index contributed by atoms with van der Waals surface area (Å²) in [7, 11) is 1.88. The molecule has 1 heterocycles. The van der Waals surface area contributed by atoms with E-state index in [1.165, 1.54) is 5.56 Å². The zero-order valence-electron chi connectivity index (χ0n) is 11.5. The number of primary amides is 1. The number of aromatic nitrogens is 1. The van der Waals surface area contributed by atoms with Crippen molar-refractivity contribution in [1.29, 1.82) is 5.26 Å². The Morgan fingerprint density at radius 1 is 1.25 bits per heavy atom. The van der Waals surface area contributed by atoms with E-state index < -0.39 is 0 Å². The summed E-state index contributed by atoms with van der Waals surface area (Å²) in [5, 5.41) is 8.96. The molecule has 20 heavy (non-hydrogen) atoms. The second-order valence-corrected chi connectivity index (χ2v) is 4.79. The summed E-state index contributed by atoms with van der Waals surface area (Å²) in [5.74, 6) is -0.255. The average Bonchev–Trinajstić information content (AvgIpc) is 2.80. The molecular weight excluding hydrogens is 250 g/mol. The van der Waals surface area contributed by atoms with Gasteiger partial charge in [-0.05, 0) is 36.1 Å². The van der Waals surface area contributed by atoms with Crippen molar-refractivity contribution in [3.8, 4) is 17.3 Å². The summed E-state index contributed by atoms with van der Waals surface area (Å²) in [4.78, 5) is 10.7. The van der Waals surface area contributed by atoms with E-state index in [1.54, 1.807) is 0 Å². The number of nitrogens with zero attached hydrogens (tertiary/aromatic N) is 2. The number of nitriles is 1. The molecule has 0 spiro atoms. The largest absolute Gasteiger partial charge is 0.370 e. The highest BCUT2D eigenvalue weighted by Gasteiger charge is 2.06. The van der Waals surface area contributed by atoms with Gasteiger partial charge in [0.15, 0.2) is 0 Å². The fourth-order valence-corrected chi connectivity index (χ4v) is 2.22. The van der Waals surface area contributed by atoms with Crippen LogP contribution in [-0.2, 0) is 18.3 Å². The Kier molecular flexibility index (Phi) is 4.21. The Bertz CT molecular complexity index is 647. The van der Waals surface area contributed by atoms with Crippen LogP contribution in [0.25, 0.3) is 11.3 Å². The molecule has 0 fully saturated rings. The molecule has 1 aromatic carbocycles. The molecule has 0 atom stereocenters. The number of rotatable bonds is 5. The van der Waals surface area contributed by atoms with Crippen molar-refractivity contribution in [2.45, 2.75) is 19.3 Å². The third-order valence-corrected chi connectivity index (χ3v) is 3.37. The number of hydrogen-bond donors (Lipinski definition) is 1. The number of aryl methyl sites for hydroxylation is 1. The van der Waals surface area contributed by atoms with E-state index in [-0.39, 0.29) is 5.91 Å². The SMILES string of the molecule is Cn1c(C#N)ccc1-c1ccc(CCCC(N)=O)cc1. The van der Waals surface area contributed by atoms with Gasteiger partial charge in [0, 0.05) is 19.2 Å². The van der Waals surface area contributed by atoms with Crippen LogP contribution in [0.3, 0.4) is 0 Å². The Morgan fingerprint density at radius 3 is 2.50 bits per heavy atom. The lowest BCUT2D eigenvalue weighted by Gasteiger charge is -2.06. The summed E-state index contributed by atoms with van der Waals surface area (Å²) in [6.45, 7) is 0. The standard InChI is InChI=1S/C16H17N3O/c1-19-14(11-17)9-10-15(19)13-7-5-12(6-8-13)3-2-4-16(18)20/h5-10H,2-4H2,1H3,(H2,18,20). The van der Waals surface area contributed by atoms with Gasteiger partial charge in [0.05, 0.1) is 0 Å². The van der Waals surface area contributed by atoms with Crippen molar-refractivity contribution in [1.82, 2.24) is 4.57 Å². The molecule has 4 nitrogen and oxygen atoms in total. The molecule has 4 heteroatoms. The van der Waals surface area contributed by atoms with Gasteiger partial charge in [0.1, 0.15) is 11.8 Å². The quantitative estimate of drug-likeness (QED) is 0.903. The topological polar surface area (TPSA) is 71.8 Å². The summed E-state index contributed by atoms with van der Waals surface area (Å²) in [5.41, 5.74) is 9.05. The highest BCUT2D eigenvalue weighted by Crippen LogP contribution is 2.22. The maximum Gasteiger partial charge on any atom is 0.217 e. The lowest BCUT2D eigenvalue weighted by atomic mass is 10.0. The van der Waals surface area contributed by atoms with Crippen molar-refractivity contribution in [3.63, 3.8) is 0 Å². The van der Waals surface area contributed by atoms with E-state index in [2.05, 4.69) is 18.2 Å². The van der Waals surface area contributed by atoms with Crippen molar-refractivity contribution in [2.75, 3.05) is 0 Å². The number of hydrogen-bond acceptors (Lipinski definition) is 2. The first kappa shape index (κ1) is 13.9. The normalized spacial score (nSPS) is 10.2. The average molecular weight is 267 g/mol. The molecule has 2 aromatic rings. The zero-order valence-corrected chi connectivity index (χ0v) is 11.5. The fraction of sp³-hybridized carbons (Fsp3) is 0.250. The van der Waals surface area contributed by atoms with Crippen LogP contribution in [0, 0.1) is 11.3 Å². The predicted octanol–water partition coefficient (Wildman–Crippen LogP) is 2.37. The number of nitrogens with two attached hydrogens (primary N) is 1. The van der Waals surface area contributed by atoms with E-state index >= 15 is 0 Å². The van der Waals surface area contributed by atoms with Crippen LogP contribution >= 0.6 is 0 Å². The second-order valence-electron chi connectivity index (χ2n) is 4.79. The fourth-order valence-electron chi connectivity index (χ4n) is 2.22. The summed E-state index contributed by atoms with van der Waals surface area (Å²) in [6.07, 6.45) is 2.04. The lowest BCUT2D eigenvalue weighted by Crippen LogP contribution is -2.10. The van der Waals surface area contributed by atoms with Gasteiger partial charge in [0.2, 0.25) is 5.91 Å². The molecule has 0 aliphatic rings. The summed E-state index contributed by atoms with van der Waals surface area (Å²) >= 11 is 0. The lowest BCUT2D eigenvalue weighted by molar-refractivity contribution is -0.118. The van der Waals surface area contributed by atoms with E-state index in [0.717, 1.165) is 24.1 Å². The molecule has 102 valence electrons. The Labute approximate surface area is 118 Å². The van der Waals surface area contributed by atoms with E-state index in [4.69, 9.17) is 11.0 Å². The minimum atomic E-state index is -0.255. The highest BCUT2D eigenvalue weighted by molar-refractivity contribution is 5.73. The maximum absolute atomic E-state index is 10.7. The van der Waals surface area contributed by atoms with Gasteiger partial charge in [-0.25, -0.2) is 0 Å². The van der Waals surface area contributed by atoms with Gasteiger partial charge >= 0.3 is 0 Å². The molecular formula is C16H17N3O. The monoisotopic (exact) mass is 267 g/mol. The molecule has 0 aliphatic heterocycles. The molecule has 0 aliphatic carbocycles. The Morgan fingerprint density at radius 2 is 1.95 bits per heavy atom. The molecule has 0 saturated heterocycles.